The SMILES string of the molecule is O=C(NCCn1c(=O)[nH]c2ccsc2c1=O)c1ccco1. The molecular weight excluding hydrogens is 294 g/mol. The second-order valence-electron chi connectivity index (χ2n) is 4.28. The summed E-state index contributed by atoms with van der Waals surface area (Å²) in [6, 6.07) is 4.83. The summed E-state index contributed by atoms with van der Waals surface area (Å²) in [5, 5.41) is 4.33. The zero-order valence-electron chi connectivity index (χ0n) is 10.8. The Kier molecular flexibility index (Phi) is 3.44. The highest BCUT2D eigenvalue weighted by atomic mass is 32.1. The molecule has 0 aliphatic rings. The van der Waals surface area contributed by atoms with Gasteiger partial charge in [-0.05, 0) is 23.6 Å². The van der Waals surface area contributed by atoms with Gasteiger partial charge in [0.15, 0.2) is 5.76 Å². The van der Waals surface area contributed by atoms with Crippen molar-refractivity contribution in [2.75, 3.05) is 6.54 Å². The molecule has 7 nitrogen and oxygen atoms in total. The van der Waals surface area contributed by atoms with E-state index < -0.39 is 5.69 Å². The fourth-order valence-corrected chi connectivity index (χ4v) is 2.75. The average molecular weight is 305 g/mol. The van der Waals surface area contributed by atoms with Crippen molar-refractivity contribution in [1.82, 2.24) is 14.9 Å². The molecule has 0 aliphatic heterocycles. The number of furan rings is 1. The molecule has 2 N–H and O–H groups in total. The van der Waals surface area contributed by atoms with E-state index in [0.717, 1.165) is 4.57 Å². The summed E-state index contributed by atoms with van der Waals surface area (Å²) in [5.74, 6) is -0.202. The Hall–Kier alpha value is -2.61. The number of carbonyl (C=O) groups is 1. The van der Waals surface area contributed by atoms with E-state index in [0.29, 0.717) is 10.2 Å². The third kappa shape index (κ3) is 2.52. The number of rotatable bonds is 4. The van der Waals surface area contributed by atoms with Crippen LogP contribution in [0.5, 0.6) is 0 Å². The molecule has 3 aromatic rings. The van der Waals surface area contributed by atoms with Crippen LogP contribution in [-0.2, 0) is 6.54 Å². The van der Waals surface area contributed by atoms with E-state index in [1.165, 1.54) is 23.7 Å². The Balaban J connectivity index is 1.75. The summed E-state index contributed by atoms with van der Waals surface area (Å²) in [4.78, 5) is 38.3. The van der Waals surface area contributed by atoms with Crippen LogP contribution in [0.3, 0.4) is 0 Å². The van der Waals surface area contributed by atoms with Gasteiger partial charge in [-0.15, -0.1) is 11.3 Å². The average Bonchev–Trinajstić information content (AvgIpc) is 3.12. The molecule has 0 aliphatic carbocycles. The zero-order chi connectivity index (χ0) is 14.8. The number of hydrogen-bond acceptors (Lipinski definition) is 5. The second kappa shape index (κ2) is 5.41. The second-order valence-corrected chi connectivity index (χ2v) is 5.20. The smallest absolute Gasteiger partial charge is 0.328 e. The van der Waals surface area contributed by atoms with Gasteiger partial charge in [0.2, 0.25) is 0 Å². The first-order valence-electron chi connectivity index (χ1n) is 6.19. The number of H-pyrrole nitrogens is 1. The van der Waals surface area contributed by atoms with Gasteiger partial charge in [-0.1, -0.05) is 0 Å². The number of nitrogens with zero attached hydrogens (tertiary/aromatic N) is 1. The molecule has 0 atom stereocenters. The highest BCUT2D eigenvalue weighted by Gasteiger charge is 2.10. The lowest BCUT2D eigenvalue weighted by molar-refractivity contribution is 0.0924. The van der Waals surface area contributed by atoms with Crippen LogP contribution in [0.1, 0.15) is 10.6 Å². The van der Waals surface area contributed by atoms with Gasteiger partial charge >= 0.3 is 5.69 Å². The van der Waals surface area contributed by atoms with Crippen LogP contribution in [0.25, 0.3) is 10.2 Å². The van der Waals surface area contributed by atoms with E-state index in [1.54, 1.807) is 17.5 Å². The molecule has 3 rings (SSSR count). The number of thiophene rings is 1. The molecule has 8 heteroatoms. The Morgan fingerprint density at radius 2 is 2.24 bits per heavy atom. The molecule has 108 valence electrons. The Morgan fingerprint density at radius 3 is 3.00 bits per heavy atom. The molecule has 0 radical (unpaired) electrons. The van der Waals surface area contributed by atoms with Gasteiger partial charge in [0.1, 0.15) is 4.70 Å². The number of hydrogen-bond donors (Lipinski definition) is 2. The molecule has 0 spiro atoms. The quantitative estimate of drug-likeness (QED) is 0.744. The number of carbonyl (C=O) groups excluding carboxylic acids is 1. The van der Waals surface area contributed by atoms with E-state index in [9.17, 15) is 14.4 Å². The minimum absolute atomic E-state index is 0.0917. The van der Waals surface area contributed by atoms with Gasteiger partial charge in [0.25, 0.3) is 11.5 Å². The monoisotopic (exact) mass is 305 g/mol. The van der Waals surface area contributed by atoms with E-state index in [-0.39, 0.29) is 30.3 Å². The topological polar surface area (TPSA) is 97.1 Å². The summed E-state index contributed by atoms with van der Waals surface area (Å²) < 4.78 is 6.51. The van der Waals surface area contributed by atoms with Crippen molar-refractivity contribution in [3.63, 3.8) is 0 Å². The number of nitrogens with one attached hydrogen (secondary N) is 2. The maximum absolute atomic E-state index is 12.1. The van der Waals surface area contributed by atoms with E-state index in [4.69, 9.17) is 4.42 Å². The molecule has 1 amide bonds. The van der Waals surface area contributed by atoms with Gasteiger partial charge in [-0.25, -0.2) is 4.79 Å². The molecule has 0 bridgehead atoms. The highest BCUT2D eigenvalue weighted by molar-refractivity contribution is 7.17. The van der Waals surface area contributed by atoms with Gasteiger partial charge in [-0.3, -0.25) is 14.2 Å². The Bertz CT molecular complexity index is 888. The minimum atomic E-state index is -0.488. The summed E-state index contributed by atoms with van der Waals surface area (Å²) in [6.07, 6.45) is 1.40. The third-order valence-electron chi connectivity index (χ3n) is 2.96. The normalized spacial score (nSPS) is 10.9. The predicted octanol–water partition coefficient (Wildman–Crippen LogP) is 0.774. The maximum atomic E-state index is 12.1. The van der Waals surface area contributed by atoms with Crippen molar-refractivity contribution in [1.29, 1.82) is 0 Å². The molecular formula is C13H11N3O4S. The molecule has 3 heterocycles. The molecule has 0 saturated carbocycles. The lowest BCUT2D eigenvalue weighted by atomic mass is 10.4. The number of fused-ring (bicyclic) bond motifs is 1. The fourth-order valence-electron chi connectivity index (χ4n) is 1.95. The molecule has 0 unspecified atom stereocenters. The first-order chi connectivity index (χ1) is 10.2. The van der Waals surface area contributed by atoms with Crippen molar-refractivity contribution in [3.05, 3.63) is 56.4 Å². The van der Waals surface area contributed by atoms with Crippen LogP contribution >= 0.6 is 11.3 Å². The highest BCUT2D eigenvalue weighted by Crippen LogP contribution is 2.11. The maximum Gasteiger partial charge on any atom is 0.328 e. The Morgan fingerprint density at radius 1 is 1.38 bits per heavy atom. The standard InChI is InChI=1S/C13H11N3O4S/c17-11(9-2-1-6-20-9)14-4-5-16-12(18)10-8(3-7-21-10)15-13(16)19/h1-3,6-7H,4-5H2,(H,14,17)(H,15,19). The zero-order valence-corrected chi connectivity index (χ0v) is 11.6. The van der Waals surface area contributed by atoms with Crippen LogP contribution in [0, 0.1) is 0 Å². The minimum Gasteiger partial charge on any atom is -0.459 e. The van der Waals surface area contributed by atoms with E-state index in [1.807, 2.05) is 0 Å². The first-order valence-corrected chi connectivity index (χ1v) is 7.07. The van der Waals surface area contributed by atoms with Crippen molar-refractivity contribution in [2.45, 2.75) is 6.54 Å². The third-order valence-corrected chi connectivity index (χ3v) is 3.86. The summed E-state index contributed by atoms with van der Waals surface area (Å²) in [5.41, 5.74) is -0.306. The lowest BCUT2D eigenvalue weighted by Gasteiger charge is -2.05. The van der Waals surface area contributed by atoms with Crippen LogP contribution in [0.2, 0.25) is 0 Å². The van der Waals surface area contributed by atoms with Gasteiger partial charge in [0.05, 0.1) is 11.8 Å². The molecule has 21 heavy (non-hydrogen) atoms. The van der Waals surface area contributed by atoms with Crippen LogP contribution in [0.15, 0.2) is 43.8 Å². The number of amides is 1. The fraction of sp³-hybridized carbons (Fsp3) is 0.154. The van der Waals surface area contributed by atoms with Gasteiger partial charge in [-0.2, -0.15) is 0 Å². The first kappa shape index (κ1) is 13.4. The molecule has 0 aromatic carbocycles. The molecule has 0 fully saturated rings. The van der Waals surface area contributed by atoms with Crippen LogP contribution in [-0.4, -0.2) is 22.0 Å². The molecule has 3 aromatic heterocycles. The van der Waals surface area contributed by atoms with Crippen LogP contribution < -0.4 is 16.6 Å². The summed E-state index contributed by atoms with van der Waals surface area (Å²) >= 11 is 1.27. The van der Waals surface area contributed by atoms with Crippen molar-refractivity contribution >= 4 is 27.5 Å². The number of aromatic amines is 1. The van der Waals surface area contributed by atoms with Gasteiger partial charge in [0, 0.05) is 13.1 Å². The van der Waals surface area contributed by atoms with E-state index >= 15 is 0 Å². The van der Waals surface area contributed by atoms with E-state index in [2.05, 4.69) is 10.3 Å². The van der Waals surface area contributed by atoms with Crippen molar-refractivity contribution < 1.29 is 9.21 Å². The molecule has 0 saturated heterocycles. The summed E-state index contributed by atoms with van der Waals surface area (Å²) in [6.45, 7) is 0.244. The predicted molar refractivity (Wildman–Crippen MR) is 77.7 cm³/mol. The van der Waals surface area contributed by atoms with Crippen molar-refractivity contribution in [2.24, 2.45) is 0 Å². The van der Waals surface area contributed by atoms with Gasteiger partial charge < -0.3 is 14.7 Å². The summed E-state index contributed by atoms with van der Waals surface area (Å²) in [7, 11) is 0. The van der Waals surface area contributed by atoms with Crippen molar-refractivity contribution in [3.8, 4) is 0 Å². The lowest BCUT2D eigenvalue weighted by Crippen LogP contribution is -2.38. The Labute approximate surface area is 121 Å². The number of aromatic nitrogens is 2. The van der Waals surface area contributed by atoms with Crippen LogP contribution in [0.4, 0.5) is 0 Å². The largest absolute Gasteiger partial charge is 0.459 e.